The molecular weight excluding hydrogens is 168 g/mol. The van der Waals surface area contributed by atoms with Crippen LogP contribution >= 0.6 is 11.3 Å². The van der Waals surface area contributed by atoms with Crippen molar-refractivity contribution in [2.24, 2.45) is 0 Å². The van der Waals surface area contributed by atoms with E-state index in [1.165, 1.54) is 33.7 Å². The molecule has 3 rings (SSSR count). The van der Waals surface area contributed by atoms with Crippen molar-refractivity contribution in [3.8, 4) is 0 Å². The third-order valence-electron chi connectivity index (χ3n) is 3.09. The SMILES string of the molecule is Cc1sc2c(c1C)C1CCC2O1. The molecule has 0 spiro atoms. The Bertz CT molecular complexity index is 340. The van der Waals surface area contributed by atoms with E-state index in [2.05, 4.69) is 13.8 Å². The van der Waals surface area contributed by atoms with Gasteiger partial charge < -0.3 is 4.74 Å². The van der Waals surface area contributed by atoms with Gasteiger partial charge in [0.25, 0.3) is 0 Å². The Hall–Kier alpha value is -0.340. The maximum atomic E-state index is 5.83. The molecule has 2 heteroatoms. The van der Waals surface area contributed by atoms with E-state index in [0.717, 1.165) is 0 Å². The molecule has 0 N–H and O–H groups in total. The van der Waals surface area contributed by atoms with E-state index in [-0.39, 0.29) is 0 Å². The summed E-state index contributed by atoms with van der Waals surface area (Å²) in [5, 5.41) is 0. The van der Waals surface area contributed by atoms with Gasteiger partial charge in [-0.3, -0.25) is 0 Å². The van der Waals surface area contributed by atoms with Crippen LogP contribution in [0.3, 0.4) is 0 Å². The second-order valence-electron chi connectivity index (χ2n) is 3.75. The van der Waals surface area contributed by atoms with Crippen LogP contribution in [0.4, 0.5) is 0 Å². The normalized spacial score (nSPS) is 31.2. The maximum absolute atomic E-state index is 5.83. The van der Waals surface area contributed by atoms with E-state index in [1.54, 1.807) is 0 Å². The van der Waals surface area contributed by atoms with Gasteiger partial charge in [-0.2, -0.15) is 0 Å². The van der Waals surface area contributed by atoms with E-state index in [0.29, 0.717) is 12.2 Å². The monoisotopic (exact) mass is 180 g/mol. The summed E-state index contributed by atoms with van der Waals surface area (Å²) in [5.41, 5.74) is 3.02. The predicted molar refractivity (Wildman–Crippen MR) is 49.6 cm³/mol. The molecule has 0 amide bonds. The van der Waals surface area contributed by atoms with Crippen molar-refractivity contribution in [3.05, 3.63) is 20.9 Å². The Morgan fingerprint density at radius 3 is 2.75 bits per heavy atom. The minimum Gasteiger partial charge on any atom is -0.365 e. The molecule has 1 fully saturated rings. The standard InChI is InChI=1S/C10H12OS/c1-5-6(2)12-10-8-4-3-7(11-8)9(5)10/h7-8H,3-4H2,1-2H3. The molecule has 2 atom stereocenters. The van der Waals surface area contributed by atoms with Gasteiger partial charge in [0.1, 0.15) is 0 Å². The van der Waals surface area contributed by atoms with Crippen LogP contribution in [0.1, 0.15) is 45.9 Å². The van der Waals surface area contributed by atoms with E-state index in [1.807, 2.05) is 11.3 Å². The highest BCUT2D eigenvalue weighted by Gasteiger charge is 2.40. The lowest BCUT2D eigenvalue weighted by molar-refractivity contribution is 0.0723. The van der Waals surface area contributed by atoms with Gasteiger partial charge in [-0.05, 0) is 32.3 Å². The van der Waals surface area contributed by atoms with Crippen LogP contribution in [-0.2, 0) is 4.74 Å². The summed E-state index contributed by atoms with van der Waals surface area (Å²) >= 11 is 1.94. The number of rotatable bonds is 0. The summed E-state index contributed by atoms with van der Waals surface area (Å²) in [6.07, 6.45) is 3.41. The second-order valence-corrected chi connectivity index (χ2v) is 5.01. The van der Waals surface area contributed by atoms with Gasteiger partial charge in [0.15, 0.2) is 0 Å². The Labute approximate surface area is 76.4 Å². The van der Waals surface area contributed by atoms with Crippen molar-refractivity contribution >= 4 is 11.3 Å². The van der Waals surface area contributed by atoms with Gasteiger partial charge in [0, 0.05) is 15.3 Å². The zero-order valence-corrected chi connectivity index (χ0v) is 8.20. The van der Waals surface area contributed by atoms with E-state index in [4.69, 9.17) is 4.74 Å². The minimum absolute atomic E-state index is 0.454. The molecule has 2 aliphatic heterocycles. The van der Waals surface area contributed by atoms with Crippen LogP contribution in [0.5, 0.6) is 0 Å². The molecule has 3 heterocycles. The summed E-state index contributed by atoms with van der Waals surface area (Å²) in [7, 11) is 0. The zero-order chi connectivity index (χ0) is 8.29. The first kappa shape index (κ1) is 7.10. The van der Waals surface area contributed by atoms with Gasteiger partial charge in [0.2, 0.25) is 0 Å². The fourth-order valence-corrected chi connectivity index (χ4v) is 3.64. The third kappa shape index (κ3) is 0.679. The highest BCUT2D eigenvalue weighted by Crippen LogP contribution is 2.55. The Kier molecular flexibility index (Phi) is 1.25. The van der Waals surface area contributed by atoms with E-state index < -0.39 is 0 Å². The van der Waals surface area contributed by atoms with E-state index >= 15 is 0 Å². The van der Waals surface area contributed by atoms with Crippen LogP contribution in [0.25, 0.3) is 0 Å². The summed E-state index contributed by atoms with van der Waals surface area (Å²) in [6, 6.07) is 0. The Morgan fingerprint density at radius 2 is 2.00 bits per heavy atom. The molecule has 2 aliphatic rings. The van der Waals surface area contributed by atoms with Gasteiger partial charge in [-0.25, -0.2) is 0 Å². The number of aryl methyl sites for hydroxylation is 1. The molecule has 1 aromatic heterocycles. The fraction of sp³-hybridized carbons (Fsp3) is 0.600. The molecule has 2 bridgehead atoms. The first-order valence-electron chi connectivity index (χ1n) is 4.52. The Morgan fingerprint density at radius 1 is 1.25 bits per heavy atom. The minimum atomic E-state index is 0.454. The number of hydrogen-bond acceptors (Lipinski definition) is 2. The van der Waals surface area contributed by atoms with Crippen molar-refractivity contribution in [1.82, 2.24) is 0 Å². The molecule has 1 saturated heterocycles. The molecule has 12 heavy (non-hydrogen) atoms. The number of thiophene rings is 1. The lowest BCUT2D eigenvalue weighted by Gasteiger charge is -2.06. The van der Waals surface area contributed by atoms with Crippen molar-refractivity contribution in [2.75, 3.05) is 0 Å². The highest BCUT2D eigenvalue weighted by molar-refractivity contribution is 7.12. The third-order valence-corrected chi connectivity index (χ3v) is 4.41. The maximum Gasteiger partial charge on any atom is 0.0930 e. The molecule has 64 valence electrons. The van der Waals surface area contributed by atoms with Crippen LogP contribution in [-0.4, -0.2) is 0 Å². The lowest BCUT2D eigenvalue weighted by atomic mass is 9.96. The van der Waals surface area contributed by atoms with Crippen molar-refractivity contribution in [3.63, 3.8) is 0 Å². The topological polar surface area (TPSA) is 9.23 Å². The van der Waals surface area contributed by atoms with Gasteiger partial charge in [0.05, 0.1) is 12.2 Å². The van der Waals surface area contributed by atoms with Crippen molar-refractivity contribution in [2.45, 2.75) is 38.9 Å². The fourth-order valence-electron chi connectivity index (χ4n) is 2.35. The molecule has 1 nitrogen and oxygen atoms in total. The predicted octanol–water partition coefficient (Wildman–Crippen LogP) is 3.27. The quantitative estimate of drug-likeness (QED) is 0.595. The van der Waals surface area contributed by atoms with Crippen molar-refractivity contribution < 1.29 is 4.74 Å². The first-order valence-corrected chi connectivity index (χ1v) is 5.34. The summed E-state index contributed by atoms with van der Waals surface area (Å²) in [5.74, 6) is 0. The molecule has 0 aromatic carbocycles. The number of ether oxygens (including phenoxy) is 1. The van der Waals surface area contributed by atoms with Crippen molar-refractivity contribution in [1.29, 1.82) is 0 Å². The average molecular weight is 180 g/mol. The van der Waals surface area contributed by atoms with Gasteiger partial charge in [-0.1, -0.05) is 0 Å². The lowest BCUT2D eigenvalue weighted by Crippen LogP contribution is -1.94. The molecule has 1 aromatic rings. The highest BCUT2D eigenvalue weighted by atomic mass is 32.1. The van der Waals surface area contributed by atoms with Crippen LogP contribution in [0.2, 0.25) is 0 Å². The van der Waals surface area contributed by atoms with Gasteiger partial charge in [-0.15, -0.1) is 11.3 Å². The zero-order valence-electron chi connectivity index (χ0n) is 7.39. The second kappa shape index (κ2) is 2.12. The van der Waals surface area contributed by atoms with E-state index in [9.17, 15) is 0 Å². The largest absolute Gasteiger partial charge is 0.365 e. The molecule has 0 radical (unpaired) electrons. The summed E-state index contributed by atoms with van der Waals surface area (Å²) < 4.78 is 5.83. The van der Waals surface area contributed by atoms with Crippen LogP contribution in [0.15, 0.2) is 0 Å². The van der Waals surface area contributed by atoms with Crippen LogP contribution in [0, 0.1) is 13.8 Å². The average Bonchev–Trinajstić information content (AvgIpc) is 2.66. The number of hydrogen-bond donors (Lipinski definition) is 0. The smallest absolute Gasteiger partial charge is 0.0930 e. The van der Waals surface area contributed by atoms with Gasteiger partial charge >= 0.3 is 0 Å². The molecular formula is C10H12OS. The first-order chi connectivity index (χ1) is 5.77. The molecule has 2 unspecified atom stereocenters. The summed E-state index contributed by atoms with van der Waals surface area (Å²) in [4.78, 5) is 3.02. The molecule has 0 aliphatic carbocycles. The Balaban J connectivity index is 2.25. The summed E-state index contributed by atoms with van der Waals surface area (Å²) in [6.45, 7) is 4.45. The number of fused-ring (bicyclic) bond motifs is 5. The van der Waals surface area contributed by atoms with Crippen LogP contribution < -0.4 is 0 Å². The molecule has 0 saturated carbocycles.